The molecule has 1 aromatic heterocycles. The van der Waals surface area contributed by atoms with E-state index in [-0.39, 0.29) is 0 Å². The predicted molar refractivity (Wildman–Crippen MR) is 89.0 cm³/mol. The van der Waals surface area contributed by atoms with Crippen molar-refractivity contribution >= 4 is 33.1 Å². The third-order valence-electron chi connectivity index (χ3n) is 3.69. The maximum Gasteiger partial charge on any atom is 0.0936 e. The molecule has 0 radical (unpaired) electrons. The van der Waals surface area contributed by atoms with E-state index in [9.17, 15) is 0 Å². The summed E-state index contributed by atoms with van der Waals surface area (Å²) in [5, 5.41) is 7.12. The van der Waals surface area contributed by atoms with Crippen LogP contribution >= 0.6 is 0 Å². The molecule has 0 spiro atoms. The first-order chi connectivity index (χ1) is 10.4. The third kappa shape index (κ3) is 2.11. The number of hydrogen-bond acceptors (Lipinski definition) is 2. The molecule has 1 heterocycles. The van der Waals surface area contributed by atoms with Gasteiger partial charge in [-0.3, -0.25) is 4.98 Å². The maximum atomic E-state index is 4.49. The first kappa shape index (κ1) is 11.9. The highest BCUT2D eigenvalue weighted by molar-refractivity contribution is 5.99. The van der Waals surface area contributed by atoms with E-state index >= 15 is 0 Å². The Kier molecular flexibility index (Phi) is 2.79. The fourth-order valence-electron chi connectivity index (χ4n) is 2.68. The number of anilines is 2. The number of nitrogens with zero attached hydrogens (tertiary/aromatic N) is 1. The van der Waals surface area contributed by atoms with E-state index < -0.39 is 0 Å². The van der Waals surface area contributed by atoms with Gasteiger partial charge in [-0.15, -0.1) is 0 Å². The average Bonchev–Trinajstić information content (AvgIpc) is 2.56. The Hall–Kier alpha value is -2.87. The number of para-hydroxylation sites is 1. The van der Waals surface area contributed by atoms with Crippen molar-refractivity contribution in [3.63, 3.8) is 0 Å². The Bertz CT molecular complexity index is 841. The standard InChI is InChI=1S/C19H14N2/c1-2-10-16-14(6-1)7-3-11-17(16)21-18-12-4-8-15-9-5-13-20-19(15)18/h1-13,21H. The summed E-state index contributed by atoms with van der Waals surface area (Å²) < 4.78 is 0. The molecule has 0 unspecified atom stereocenters. The number of benzene rings is 3. The zero-order valence-electron chi connectivity index (χ0n) is 11.5. The van der Waals surface area contributed by atoms with Gasteiger partial charge in [0.15, 0.2) is 0 Å². The van der Waals surface area contributed by atoms with E-state index in [1.807, 2.05) is 12.3 Å². The normalized spacial score (nSPS) is 10.9. The van der Waals surface area contributed by atoms with Crippen molar-refractivity contribution in [3.8, 4) is 0 Å². The van der Waals surface area contributed by atoms with Crippen molar-refractivity contribution < 1.29 is 0 Å². The van der Waals surface area contributed by atoms with Crippen molar-refractivity contribution in [1.29, 1.82) is 0 Å². The van der Waals surface area contributed by atoms with Crippen molar-refractivity contribution in [2.45, 2.75) is 0 Å². The van der Waals surface area contributed by atoms with E-state index in [1.165, 1.54) is 10.8 Å². The van der Waals surface area contributed by atoms with Gasteiger partial charge in [-0.1, -0.05) is 54.6 Å². The Morgan fingerprint density at radius 3 is 2.29 bits per heavy atom. The molecule has 100 valence electrons. The van der Waals surface area contributed by atoms with Gasteiger partial charge in [-0.25, -0.2) is 0 Å². The molecule has 0 bridgehead atoms. The molecule has 2 nitrogen and oxygen atoms in total. The van der Waals surface area contributed by atoms with Crippen LogP contribution in [-0.4, -0.2) is 4.98 Å². The van der Waals surface area contributed by atoms with Gasteiger partial charge >= 0.3 is 0 Å². The summed E-state index contributed by atoms with van der Waals surface area (Å²) in [7, 11) is 0. The topological polar surface area (TPSA) is 24.9 Å². The van der Waals surface area contributed by atoms with Gasteiger partial charge in [-0.2, -0.15) is 0 Å². The summed E-state index contributed by atoms with van der Waals surface area (Å²) in [6, 6.07) is 24.9. The predicted octanol–water partition coefficient (Wildman–Crippen LogP) is 5.13. The highest BCUT2D eigenvalue weighted by Crippen LogP contribution is 2.29. The summed E-state index contributed by atoms with van der Waals surface area (Å²) in [5.41, 5.74) is 3.13. The lowest BCUT2D eigenvalue weighted by Gasteiger charge is -2.11. The Morgan fingerprint density at radius 1 is 0.619 bits per heavy atom. The lowest BCUT2D eigenvalue weighted by atomic mass is 10.1. The highest BCUT2D eigenvalue weighted by Gasteiger charge is 2.04. The smallest absolute Gasteiger partial charge is 0.0936 e. The fraction of sp³-hybridized carbons (Fsp3) is 0. The summed E-state index contributed by atoms with van der Waals surface area (Å²) >= 11 is 0. The van der Waals surface area contributed by atoms with Crippen molar-refractivity contribution in [3.05, 3.63) is 79.0 Å². The molecule has 1 N–H and O–H groups in total. The molecule has 4 rings (SSSR count). The van der Waals surface area contributed by atoms with Crippen LogP contribution in [0.15, 0.2) is 79.0 Å². The molecule has 4 aromatic rings. The van der Waals surface area contributed by atoms with Crippen LogP contribution in [0.25, 0.3) is 21.7 Å². The quantitative estimate of drug-likeness (QED) is 0.546. The van der Waals surface area contributed by atoms with Crippen LogP contribution in [0.4, 0.5) is 11.4 Å². The number of nitrogens with one attached hydrogen (secondary N) is 1. The maximum absolute atomic E-state index is 4.49. The van der Waals surface area contributed by atoms with E-state index in [2.05, 4.69) is 77.0 Å². The van der Waals surface area contributed by atoms with E-state index in [1.54, 1.807) is 0 Å². The van der Waals surface area contributed by atoms with Gasteiger partial charge in [0.1, 0.15) is 0 Å². The fourth-order valence-corrected chi connectivity index (χ4v) is 2.68. The molecule has 0 amide bonds. The lowest BCUT2D eigenvalue weighted by molar-refractivity contribution is 1.41. The van der Waals surface area contributed by atoms with E-state index in [4.69, 9.17) is 0 Å². The molecule has 2 heteroatoms. The Labute approximate surface area is 123 Å². The second-order valence-electron chi connectivity index (χ2n) is 5.03. The van der Waals surface area contributed by atoms with Crippen LogP contribution in [0, 0.1) is 0 Å². The van der Waals surface area contributed by atoms with Gasteiger partial charge in [0, 0.05) is 22.7 Å². The second-order valence-corrected chi connectivity index (χ2v) is 5.03. The van der Waals surface area contributed by atoms with Crippen molar-refractivity contribution in [2.75, 3.05) is 5.32 Å². The zero-order chi connectivity index (χ0) is 14.1. The molecule has 3 aromatic carbocycles. The molecule has 0 aliphatic heterocycles. The molecule has 0 atom stereocenters. The Morgan fingerprint density at radius 2 is 1.33 bits per heavy atom. The monoisotopic (exact) mass is 270 g/mol. The molecule has 0 aliphatic carbocycles. The summed E-state index contributed by atoms with van der Waals surface area (Å²) in [5.74, 6) is 0. The minimum atomic E-state index is 0.993. The van der Waals surface area contributed by atoms with Crippen LogP contribution < -0.4 is 5.32 Å². The lowest BCUT2D eigenvalue weighted by Crippen LogP contribution is -1.93. The Balaban J connectivity index is 1.87. The van der Waals surface area contributed by atoms with Gasteiger partial charge < -0.3 is 5.32 Å². The van der Waals surface area contributed by atoms with Crippen molar-refractivity contribution in [2.24, 2.45) is 0 Å². The largest absolute Gasteiger partial charge is 0.353 e. The number of pyridine rings is 1. The van der Waals surface area contributed by atoms with Crippen LogP contribution in [0.5, 0.6) is 0 Å². The number of fused-ring (bicyclic) bond motifs is 2. The minimum Gasteiger partial charge on any atom is -0.353 e. The highest BCUT2D eigenvalue weighted by atomic mass is 14.9. The number of rotatable bonds is 2. The van der Waals surface area contributed by atoms with E-state index in [0.717, 1.165) is 22.3 Å². The average molecular weight is 270 g/mol. The molecular formula is C19H14N2. The molecule has 0 saturated heterocycles. The number of hydrogen-bond donors (Lipinski definition) is 1. The molecule has 0 saturated carbocycles. The van der Waals surface area contributed by atoms with Crippen LogP contribution in [0.2, 0.25) is 0 Å². The van der Waals surface area contributed by atoms with Gasteiger partial charge in [0.2, 0.25) is 0 Å². The molecule has 0 aliphatic rings. The molecule has 0 fully saturated rings. The van der Waals surface area contributed by atoms with Crippen molar-refractivity contribution in [1.82, 2.24) is 4.98 Å². The van der Waals surface area contributed by atoms with Crippen LogP contribution in [0.1, 0.15) is 0 Å². The first-order valence-corrected chi connectivity index (χ1v) is 7.00. The number of aromatic nitrogens is 1. The summed E-state index contributed by atoms with van der Waals surface area (Å²) in [6.07, 6.45) is 1.83. The molecule has 21 heavy (non-hydrogen) atoms. The second kappa shape index (κ2) is 4.91. The first-order valence-electron chi connectivity index (χ1n) is 7.00. The van der Waals surface area contributed by atoms with Gasteiger partial charge in [-0.05, 0) is 23.6 Å². The summed E-state index contributed by atoms with van der Waals surface area (Å²) in [6.45, 7) is 0. The minimum absolute atomic E-state index is 0.993. The van der Waals surface area contributed by atoms with Gasteiger partial charge in [0.05, 0.1) is 11.2 Å². The SMILES string of the molecule is c1ccc2c(Nc3cccc4cccnc34)cccc2c1. The zero-order valence-corrected chi connectivity index (χ0v) is 11.5. The van der Waals surface area contributed by atoms with E-state index in [0.29, 0.717) is 0 Å². The van der Waals surface area contributed by atoms with Gasteiger partial charge in [0.25, 0.3) is 0 Å². The summed E-state index contributed by atoms with van der Waals surface area (Å²) in [4.78, 5) is 4.49. The molecular weight excluding hydrogens is 256 g/mol. The van der Waals surface area contributed by atoms with Crippen LogP contribution in [0.3, 0.4) is 0 Å². The third-order valence-corrected chi connectivity index (χ3v) is 3.69. The van der Waals surface area contributed by atoms with Crippen LogP contribution in [-0.2, 0) is 0 Å².